The molecular weight excluding hydrogens is 430 g/mol. The Bertz CT molecular complexity index is 627. The Hall–Kier alpha value is 0.0899. The van der Waals surface area contributed by atoms with Gasteiger partial charge in [-0.3, -0.25) is 13.6 Å². The predicted molar refractivity (Wildman–Crippen MR) is 93.5 cm³/mol. The van der Waals surface area contributed by atoms with Crippen molar-refractivity contribution in [1.29, 1.82) is 0 Å². The second-order valence-corrected chi connectivity index (χ2v) is 9.20. The zero-order valence-corrected chi connectivity index (χ0v) is 16.8. The molecule has 2 rings (SSSR count). The van der Waals surface area contributed by atoms with Crippen LogP contribution in [0.1, 0.15) is 6.42 Å². The first-order valence-electron chi connectivity index (χ1n) is 8.42. The molecule has 0 aromatic rings. The molecule has 0 aromatic carbocycles. The summed E-state index contributed by atoms with van der Waals surface area (Å²) in [7, 11) is -7.18. The Morgan fingerprint density at radius 1 is 1.04 bits per heavy atom. The smallest absolute Gasteiger partial charge is 0.394 e. The lowest BCUT2D eigenvalue weighted by Crippen LogP contribution is -2.48. The first-order chi connectivity index (χ1) is 12.8. The van der Waals surface area contributed by atoms with E-state index in [1.807, 2.05) is 0 Å². The summed E-state index contributed by atoms with van der Waals surface area (Å²) in [6.07, 6.45) is -9.24. The Morgan fingerprint density at radius 2 is 1.64 bits per heavy atom. The van der Waals surface area contributed by atoms with Crippen molar-refractivity contribution in [2.24, 2.45) is 0 Å². The van der Waals surface area contributed by atoms with E-state index in [4.69, 9.17) is 28.3 Å². The fourth-order valence-corrected chi connectivity index (χ4v) is 4.50. The molecule has 162 valence electrons. The number of hydrogen-bond acceptors (Lipinski definition) is 8. The van der Waals surface area contributed by atoms with Crippen LogP contribution in [0.4, 0.5) is 8.78 Å². The maximum absolute atomic E-state index is 14.0. The summed E-state index contributed by atoms with van der Waals surface area (Å²) < 4.78 is 75.2. The van der Waals surface area contributed by atoms with Gasteiger partial charge in [0.05, 0.1) is 25.2 Å². The van der Waals surface area contributed by atoms with Gasteiger partial charge in [0, 0.05) is 6.42 Å². The molecule has 0 bridgehead atoms. The number of aliphatic hydroxyl groups is 1. The van der Waals surface area contributed by atoms with Crippen molar-refractivity contribution in [2.45, 2.75) is 55.2 Å². The molecule has 2 fully saturated rings. The van der Waals surface area contributed by atoms with Gasteiger partial charge in [-0.25, -0.2) is 17.9 Å². The van der Waals surface area contributed by atoms with Crippen molar-refractivity contribution in [3.05, 3.63) is 0 Å². The van der Waals surface area contributed by atoms with Gasteiger partial charge in [-0.2, -0.15) is 0 Å². The average Bonchev–Trinajstić information content (AvgIpc) is 2.82. The largest absolute Gasteiger partial charge is 0.472 e. The molecule has 5 unspecified atom stereocenters. The summed E-state index contributed by atoms with van der Waals surface area (Å²) in [4.78, 5) is 27.6. The van der Waals surface area contributed by atoms with Crippen molar-refractivity contribution in [2.75, 3.05) is 13.2 Å². The predicted octanol–water partition coefficient (Wildman–Crippen LogP) is -2.26. The molecule has 0 spiro atoms. The lowest BCUT2D eigenvalue weighted by molar-refractivity contribution is -0.134. The van der Waals surface area contributed by atoms with E-state index in [0.29, 0.717) is 0 Å². The zero-order valence-electron chi connectivity index (χ0n) is 15.0. The van der Waals surface area contributed by atoms with Crippen LogP contribution >= 0.6 is 15.6 Å². The van der Waals surface area contributed by atoms with Gasteiger partial charge in [-0.15, -0.1) is 0 Å². The molecule has 4 N–H and O–H groups in total. The third-order valence-corrected chi connectivity index (χ3v) is 5.93. The molecule has 2 heterocycles. The van der Waals surface area contributed by atoms with Gasteiger partial charge in [0.25, 0.3) is 0 Å². The number of phosphoric acid groups is 2. The molecule has 28 heavy (non-hydrogen) atoms. The van der Waals surface area contributed by atoms with Crippen molar-refractivity contribution in [3.8, 4) is 0 Å². The van der Waals surface area contributed by atoms with Crippen molar-refractivity contribution in [3.63, 3.8) is 0 Å². The molecule has 11 nitrogen and oxygen atoms in total. The highest BCUT2D eigenvalue weighted by atomic mass is 31.2. The highest BCUT2D eigenvalue weighted by Gasteiger charge is 2.48. The molecule has 2 saturated heterocycles. The van der Waals surface area contributed by atoms with Crippen LogP contribution in [0.5, 0.6) is 0 Å². The van der Waals surface area contributed by atoms with E-state index in [1.54, 1.807) is 0 Å². The quantitative estimate of drug-likeness (QED) is 0.233. The second-order valence-electron chi connectivity index (χ2n) is 6.61. The normalized spacial score (nSPS) is 41.6. The first kappa shape index (κ1) is 24.4. The second kappa shape index (κ2) is 9.49. The van der Waals surface area contributed by atoms with Gasteiger partial charge in [0.15, 0.2) is 0 Å². The molecule has 0 saturated carbocycles. The Kier molecular flexibility index (Phi) is 8.25. The van der Waals surface area contributed by atoms with E-state index >= 15 is 0 Å². The Labute approximate surface area is 161 Å². The van der Waals surface area contributed by atoms with Gasteiger partial charge in [0.1, 0.15) is 52.5 Å². The third kappa shape index (κ3) is 6.55. The van der Waals surface area contributed by atoms with Crippen LogP contribution < -0.4 is 0 Å². The summed E-state index contributed by atoms with van der Waals surface area (Å²) >= 11 is 0. The summed E-state index contributed by atoms with van der Waals surface area (Å²) in [6.45, 7) is -1.39. The number of rotatable bonds is 8. The molecule has 0 aromatic heterocycles. The number of alkyl halides is 2. The number of ether oxygens (including phenoxy) is 2. The lowest BCUT2D eigenvalue weighted by Gasteiger charge is -2.36. The monoisotopic (exact) mass is 452 g/mol. The summed E-state index contributed by atoms with van der Waals surface area (Å²) in [6, 6.07) is -1.94. The minimum atomic E-state index is -5.06. The minimum Gasteiger partial charge on any atom is -0.394 e. The third-order valence-electron chi connectivity index (χ3n) is 4.40. The van der Waals surface area contributed by atoms with Crippen LogP contribution in [0.2, 0.25) is 0 Å². The standard InChI is InChI=1S/C11H22B2F2O11P2/c12-10-4(14)1-5(6(2-16)23-10)25-28(20,21)22-3-7-9(26-27(17,18)19)8(15)11(13)24-7/h4-11,16H,1-3,12-13H2,(H,20,21)(H2,17,18,19)/t4?,5?,6-,7-,8?,9?,10-,11-/m1/s1. The maximum atomic E-state index is 14.0. The highest BCUT2D eigenvalue weighted by Crippen LogP contribution is 2.48. The van der Waals surface area contributed by atoms with E-state index in [2.05, 4.69) is 4.52 Å². The van der Waals surface area contributed by atoms with Crippen LogP contribution in [-0.2, 0) is 32.2 Å². The molecule has 2 aliphatic rings. The molecular formula is C11H22B2F2O11P2. The van der Waals surface area contributed by atoms with Crippen molar-refractivity contribution < 1.29 is 60.7 Å². The molecule has 9 atom stereocenters. The van der Waals surface area contributed by atoms with E-state index in [9.17, 15) is 27.9 Å². The summed E-state index contributed by atoms with van der Waals surface area (Å²) in [5.41, 5.74) is 0. The topological polar surface area (TPSA) is 161 Å². The first-order valence-corrected chi connectivity index (χ1v) is 11.4. The lowest BCUT2D eigenvalue weighted by atomic mass is 9.88. The fraction of sp³-hybridized carbons (Fsp3) is 1.00. The Morgan fingerprint density at radius 3 is 2.21 bits per heavy atom. The van der Waals surface area contributed by atoms with Crippen LogP contribution in [0.25, 0.3) is 0 Å². The number of aliphatic hydroxyl groups excluding tert-OH is 1. The molecule has 17 heteroatoms. The van der Waals surface area contributed by atoms with E-state index in [1.165, 1.54) is 15.7 Å². The number of phosphoric ester groups is 2. The molecule has 0 amide bonds. The van der Waals surface area contributed by atoms with Crippen LogP contribution in [0.3, 0.4) is 0 Å². The highest BCUT2D eigenvalue weighted by molar-refractivity contribution is 7.47. The SMILES string of the molecule is B[C@@H]1O[C@H](CO)C(OP(=O)(O)OC[C@H]2O[C@@H](B)C(F)C2OP(=O)(O)O)CC1F. The molecule has 0 radical (unpaired) electrons. The van der Waals surface area contributed by atoms with E-state index < -0.39 is 77.6 Å². The van der Waals surface area contributed by atoms with Crippen LogP contribution in [0.15, 0.2) is 0 Å². The number of hydrogen-bond donors (Lipinski definition) is 4. The van der Waals surface area contributed by atoms with Crippen LogP contribution in [0, 0.1) is 0 Å². The van der Waals surface area contributed by atoms with Crippen LogP contribution in [-0.4, -0.2) is 97.5 Å². The average molecular weight is 452 g/mol. The maximum Gasteiger partial charge on any atom is 0.472 e. The van der Waals surface area contributed by atoms with Gasteiger partial charge < -0.3 is 29.3 Å². The van der Waals surface area contributed by atoms with Crippen molar-refractivity contribution in [1.82, 2.24) is 0 Å². The Balaban J connectivity index is 1.97. The zero-order chi connectivity index (χ0) is 21.3. The van der Waals surface area contributed by atoms with E-state index in [0.717, 1.165) is 0 Å². The van der Waals surface area contributed by atoms with E-state index in [-0.39, 0.29) is 6.42 Å². The molecule has 2 aliphatic heterocycles. The molecule has 0 aliphatic carbocycles. The summed E-state index contributed by atoms with van der Waals surface area (Å²) in [5.74, 6) is 0. The van der Waals surface area contributed by atoms with Crippen molar-refractivity contribution >= 4 is 31.3 Å². The summed E-state index contributed by atoms with van der Waals surface area (Å²) in [5, 5.41) is 9.27. The fourth-order valence-electron chi connectivity index (χ4n) is 2.97. The number of halogens is 2. The van der Waals surface area contributed by atoms with Gasteiger partial charge in [-0.1, -0.05) is 0 Å². The van der Waals surface area contributed by atoms with Gasteiger partial charge in [-0.05, 0) is 0 Å². The van der Waals surface area contributed by atoms with Gasteiger partial charge in [0.2, 0.25) is 0 Å². The van der Waals surface area contributed by atoms with Gasteiger partial charge >= 0.3 is 15.6 Å². The minimum absolute atomic E-state index is 0.326.